The monoisotopic (exact) mass is 404 g/mol. The van der Waals surface area contributed by atoms with Gasteiger partial charge in [0, 0.05) is 30.6 Å². The second-order valence-corrected chi connectivity index (χ2v) is 9.23. The summed E-state index contributed by atoms with van der Waals surface area (Å²) in [6.45, 7) is 3.97. The summed E-state index contributed by atoms with van der Waals surface area (Å²) in [7, 11) is 0. The van der Waals surface area contributed by atoms with Gasteiger partial charge in [0.15, 0.2) is 0 Å². The number of likely N-dealkylation sites (tertiary alicyclic amines) is 2. The lowest BCUT2D eigenvalue weighted by atomic mass is 9.64. The molecule has 156 valence electrons. The summed E-state index contributed by atoms with van der Waals surface area (Å²) in [5, 5.41) is 0. The van der Waals surface area contributed by atoms with Gasteiger partial charge in [0.25, 0.3) is 5.91 Å². The zero-order chi connectivity index (χ0) is 20.9. The number of aromatic nitrogens is 2. The summed E-state index contributed by atoms with van der Waals surface area (Å²) in [6.07, 6.45) is 7.80. The van der Waals surface area contributed by atoms with E-state index in [2.05, 4.69) is 38.8 Å². The molecule has 5 rings (SSSR count). The normalized spacial score (nSPS) is 32.2. The number of rotatable bonds is 3. The molecule has 1 aromatic carbocycles. The Hall–Kier alpha value is -2.76. The van der Waals surface area contributed by atoms with Gasteiger partial charge in [-0.25, -0.2) is 9.97 Å². The van der Waals surface area contributed by atoms with Crippen LogP contribution in [0.2, 0.25) is 0 Å². The first kappa shape index (κ1) is 19.2. The van der Waals surface area contributed by atoms with Crippen molar-refractivity contribution in [3.8, 4) is 0 Å². The van der Waals surface area contributed by atoms with Crippen LogP contribution in [-0.2, 0) is 11.2 Å². The molecular formula is C24H28N4O2. The Labute approximate surface area is 177 Å². The number of amides is 2. The molecule has 0 radical (unpaired) electrons. The average Bonchev–Trinajstić information content (AvgIpc) is 3.07. The van der Waals surface area contributed by atoms with Gasteiger partial charge in [-0.1, -0.05) is 37.3 Å². The predicted octanol–water partition coefficient (Wildman–Crippen LogP) is 3.09. The third kappa shape index (κ3) is 2.84. The fraction of sp³-hybridized carbons (Fsp3) is 0.500. The zero-order valence-corrected chi connectivity index (χ0v) is 17.6. The van der Waals surface area contributed by atoms with Crippen molar-refractivity contribution in [2.24, 2.45) is 5.41 Å². The number of fused-ring (bicyclic) bond motifs is 1. The molecular weight excluding hydrogens is 376 g/mol. The molecule has 0 N–H and O–H groups in total. The van der Waals surface area contributed by atoms with E-state index in [1.54, 1.807) is 19.2 Å². The van der Waals surface area contributed by atoms with Crippen molar-refractivity contribution in [1.29, 1.82) is 0 Å². The van der Waals surface area contributed by atoms with E-state index in [-0.39, 0.29) is 41.4 Å². The van der Waals surface area contributed by atoms with Crippen LogP contribution in [0, 0.1) is 5.41 Å². The molecule has 3 heterocycles. The topological polar surface area (TPSA) is 66.4 Å². The molecule has 6 heteroatoms. The molecule has 6 nitrogen and oxygen atoms in total. The van der Waals surface area contributed by atoms with Crippen LogP contribution in [0.1, 0.15) is 55.6 Å². The summed E-state index contributed by atoms with van der Waals surface area (Å²) in [4.78, 5) is 39.0. The van der Waals surface area contributed by atoms with Gasteiger partial charge in [-0.05, 0) is 43.7 Å². The summed E-state index contributed by atoms with van der Waals surface area (Å²) in [5.74, 6) is 0.0917. The largest absolute Gasteiger partial charge is 0.334 e. The van der Waals surface area contributed by atoms with E-state index in [1.807, 2.05) is 18.2 Å². The van der Waals surface area contributed by atoms with E-state index in [1.165, 1.54) is 11.9 Å². The third-order valence-corrected chi connectivity index (χ3v) is 7.64. The first-order valence-electron chi connectivity index (χ1n) is 10.9. The molecule has 0 unspecified atom stereocenters. The highest BCUT2D eigenvalue weighted by atomic mass is 16.2. The molecule has 1 saturated carbocycles. The van der Waals surface area contributed by atoms with Gasteiger partial charge in [0.05, 0.1) is 12.1 Å². The van der Waals surface area contributed by atoms with Crippen LogP contribution in [0.5, 0.6) is 0 Å². The second kappa shape index (κ2) is 7.18. The van der Waals surface area contributed by atoms with Gasteiger partial charge >= 0.3 is 0 Å². The van der Waals surface area contributed by atoms with Crippen LogP contribution >= 0.6 is 0 Å². The van der Waals surface area contributed by atoms with E-state index in [0.29, 0.717) is 5.69 Å². The van der Waals surface area contributed by atoms with Crippen molar-refractivity contribution in [2.45, 2.75) is 70.1 Å². The molecule has 2 amide bonds. The lowest BCUT2D eigenvalue weighted by Gasteiger charge is -2.52. The molecule has 1 aliphatic carbocycles. The van der Waals surface area contributed by atoms with Gasteiger partial charge in [-0.2, -0.15) is 0 Å². The van der Waals surface area contributed by atoms with Crippen LogP contribution in [-0.4, -0.2) is 55.7 Å². The molecule has 2 bridgehead atoms. The number of carbonyl (C=O) groups excluding carboxylic acids is 2. The number of hydrogen-bond donors (Lipinski definition) is 0. The highest BCUT2D eigenvalue weighted by Gasteiger charge is 2.64. The maximum absolute atomic E-state index is 13.8. The van der Waals surface area contributed by atoms with Crippen molar-refractivity contribution >= 4 is 11.8 Å². The highest BCUT2D eigenvalue weighted by molar-refractivity contribution is 5.93. The Bertz CT molecular complexity index is 950. The zero-order valence-electron chi connectivity index (χ0n) is 17.6. The van der Waals surface area contributed by atoms with Crippen LogP contribution in [0.4, 0.5) is 0 Å². The Morgan fingerprint density at radius 2 is 1.83 bits per heavy atom. The molecule has 0 spiro atoms. The molecule has 3 aliphatic rings. The van der Waals surface area contributed by atoms with Crippen LogP contribution < -0.4 is 0 Å². The first-order chi connectivity index (χ1) is 14.5. The smallest absolute Gasteiger partial charge is 0.273 e. The quantitative estimate of drug-likeness (QED) is 0.789. The SMILES string of the molecule is CC(=O)N1[C@H]2CCC[C@H]3N(C(=O)c4ccncn4)[C@@H](Cc4ccccc4)[C@@H]1C[C@@]23C. The molecule has 2 saturated heterocycles. The first-order valence-corrected chi connectivity index (χ1v) is 10.9. The highest BCUT2D eigenvalue weighted by Crippen LogP contribution is 2.56. The van der Waals surface area contributed by atoms with Gasteiger partial charge in [0.2, 0.25) is 5.91 Å². The van der Waals surface area contributed by atoms with Crippen molar-refractivity contribution in [1.82, 2.24) is 19.8 Å². The molecule has 2 aromatic rings. The summed E-state index contributed by atoms with van der Waals surface area (Å²) in [5.41, 5.74) is 1.56. The minimum Gasteiger partial charge on any atom is -0.334 e. The summed E-state index contributed by atoms with van der Waals surface area (Å²) >= 11 is 0. The van der Waals surface area contributed by atoms with Gasteiger partial charge in [-0.3, -0.25) is 9.59 Å². The maximum atomic E-state index is 13.8. The number of hydrogen-bond acceptors (Lipinski definition) is 4. The lowest BCUT2D eigenvalue weighted by Crippen LogP contribution is -2.62. The van der Waals surface area contributed by atoms with Crippen molar-refractivity contribution < 1.29 is 9.59 Å². The molecule has 1 aromatic heterocycles. The molecule has 30 heavy (non-hydrogen) atoms. The third-order valence-electron chi connectivity index (χ3n) is 7.64. The van der Waals surface area contributed by atoms with E-state index in [4.69, 9.17) is 0 Å². The average molecular weight is 405 g/mol. The number of piperidine rings is 1. The summed E-state index contributed by atoms with van der Waals surface area (Å²) in [6, 6.07) is 12.3. The number of carbonyl (C=O) groups is 2. The van der Waals surface area contributed by atoms with Gasteiger partial charge in [-0.15, -0.1) is 0 Å². The van der Waals surface area contributed by atoms with Crippen LogP contribution in [0.3, 0.4) is 0 Å². The van der Waals surface area contributed by atoms with Gasteiger partial charge < -0.3 is 9.80 Å². The van der Waals surface area contributed by atoms with Crippen molar-refractivity contribution in [2.75, 3.05) is 0 Å². The second-order valence-electron chi connectivity index (χ2n) is 9.23. The van der Waals surface area contributed by atoms with E-state index < -0.39 is 0 Å². The van der Waals surface area contributed by atoms with Crippen molar-refractivity contribution in [3.63, 3.8) is 0 Å². The molecule has 2 aliphatic heterocycles. The van der Waals surface area contributed by atoms with E-state index >= 15 is 0 Å². The Morgan fingerprint density at radius 3 is 2.50 bits per heavy atom. The van der Waals surface area contributed by atoms with Crippen LogP contribution in [0.15, 0.2) is 48.9 Å². The Balaban J connectivity index is 1.62. The predicted molar refractivity (Wildman–Crippen MR) is 113 cm³/mol. The minimum absolute atomic E-state index is 0.0368. The Morgan fingerprint density at radius 1 is 1.10 bits per heavy atom. The van der Waals surface area contributed by atoms with Crippen LogP contribution in [0.25, 0.3) is 0 Å². The molecule has 5 atom stereocenters. The van der Waals surface area contributed by atoms with Gasteiger partial charge in [0.1, 0.15) is 12.0 Å². The van der Waals surface area contributed by atoms with E-state index in [0.717, 1.165) is 32.1 Å². The fourth-order valence-electron chi connectivity index (χ4n) is 6.47. The standard InChI is InChI=1S/C24H28N4O2/c1-16(29)27-20-14-24(2)21(27)9-6-10-22(24)28(23(30)18-11-12-25-15-26-18)19(20)13-17-7-4-3-5-8-17/h3-5,7-8,11-12,15,19-22H,6,9-10,13-14H2,1-2H3/t19-,20-,21-,22+,24-/m0/s1. The number of benzene rings is 1. The number of nitrogens with zero attached hydrogens (tertiary/aromatic N) is 4. The fourth-order valence-corrected chi connectivity index (χ4v) is 6.47. The summed E-state index contributed by atoms with van der Waals surface area (Å²) < 4.78 is 0. The van der Waals surface area contributed by atoms with Crippen molar-refractivity contribution in [3.05, 3.63) is 60.2 Å². The minimum atomic E-state index is -0.0650. The molecule has 3 fully saturated rings. The Kier molecular flexibility index (Phi) is 4.60. The maximum Gasteiger partial charge on any atom is 0.273 e. The lowest BCUT2D eigenvalue weighted by molar-refractivity contribution is -0.133. The van der Waals surface area contributed by atoms with E-state index in [9.17, 15) is 9.59 Å².